The molecule has 1 aromatic heterocycles. The van der Waals surface area contributed by atoms with Crippen LogP contribution in [0.3, 0.4) is 0 Å². The molecule has 110 valence electrons. The zero-order chi connectivity index (χ0) is 14.4. The predicted octanol–water partition coefficient (Wildman–Crippen LogP) is 3.32. The Kier molecular flexibility index (Phi) is 3.27. The molecule has 2 atom stereocenters. The van der Waals surface area contributed by atoms with Crippen LogP contribution < -0.4 is 0 Å². The minimum atomic E-state index is 0.0996. The highest BCUT2D eigenvalue weighted by molar-refractivity contribution is 9.10. The van der Waals surface area contributed by atoms with E-state index >= 15 is 0 Å². The average molecular weight is 349 g/mol. The Morgan fingerprint density at radius 2 is 2.24 bits per heavy atom. The quantitative estimate of drug-likeness (QED) is 0.859. The Morgan fingerprint density at radius 1 is 1.33 bits per heavy atom. The van der Waals surface area contributed by atoms with Crippen molar-refractivity contribution < 1.29 is 9.53 Å². The first-order valence-electron chi connectivity index (χ1n) is 7.43. The number of hydrogen-bond donors (Lipinski definition) is 1. The van der Waals surface area contributed by atoms with E-state index in [1.54, 1.807) is 0 Å². The summed E-state index contributed by atoms with van der Waals surface area (Å²) in [5.41, 5.74) is 1.67. The third-order valence-electron chi connectivity index (χ3n) is 4.56. The Labute approximate surface area is 131 Å². The molecule has 1 aromatic carbocycles. The number of rotatable bonds is 1. The van der Waals surface area contributed by atoms with E-state index in [9.17, 15) is 4.79 Å². The number of carbonyl (C=O) groups excluding carboxylic acids is 1. The summed E-state index contributed by atoms with van der Waals surface area (Å²) in [7, 11) is 0. The van der Waals surface area contributed by atoms with Crippen LogP contribution in [0, 0.1) is 0 Å². The molecule has 5 heteroatoms. The summed E-state index contributed by atoms with van der Waals surface area (Å²) >= 11 is 3.47. The number of aromatic amines is 1. The summed E-state index contributed by atoms with van der Waals surface area (Å²) in [5.74, 6) is 0.0996. The van der Waals surface area contributed by atoms with Gasteiger partial charge in [0, 0.05) is 21.9 Å². The van der Waals surface area contributed by atoms with Gasteiger partial charge in [0.05, 0.1) is 18.8 Å². The lowest BCUT2D eigenvalue weighted by molar-refractivity contribution is -0.0446. The lowest BCUT2D eigenvalue weighted by Gasteiger charge is -2.37. The number of nitrogens with zero attached hydrogens (tertiary/aromatic N) is 1. The molecule has 21 heavy (non-hydrogen) atoms. The first-order chi connectivity index (χ1) is 10.2. The van der Waals surface area contributed by atoms with Crippen molar-refractivity contribution in [2.24, 2.45) is 0 Å². The number of benzene rings is 1. The largest absolute Gasteiger partial charge is 0.374 e. The van der Waals surface area contributed by atoms with Gasteiger partial charge in [0.15, 0.2) is 0 Å². The van der Waals surface area contributed by atoms with Gasteiger partial charge in [-0.2, -0.15) is 0 Å². The molecular weight excluding hydrogens is 332 g/mol. The summed E-state index contributed by atoms with van der Waals surface area (Å²) in [6, 6.07) is 8.20. The fourth-order valence-corrected chi connectivity index (χ4v) is 3.93. The van der Waals surface area contributed by atoms with Crippen molar-refractivity contribution in [2.45, 2.75) is 31.4 Å². The van der Waals surface area contributed by atoms with Crippen molar-refractivity contribution in [2.75, 3.05) is 13.2 Å². The van der Waals surface area contributed by atoms with Crippen molar-refractivity contribution in [1.82, 2.24) is 9.88 Å². The Bertz CT molecular complexity index is 697. The van der Waals surface area contributed by atoms with Crippen LogP contribution in [-0.4, -0.2) is 41.1 Å². The Morgan fingerprint density at radius 3 is 3.14 bits per heavy atom. The molecule has 0 spiro atoms. The van der Waals surface area contributed by atoms with E-state index in [4.69, 9.17) is 4.74 Å². The van der Waals surface area contributed by atoms with Gasteiger partial charge in [-0.1, -0.05) is 15.9 Å². The fourth-order valence-electron chi connectivity index (χ4n) is 3.55. The van der Waals surface area contributed by atoms with Crippen LogP contribution >= 0.6 is 15.9 Å². The molecule has 0 radical (unpaired) electrons. The van der Waals surface area contributed by atoms with Gasteiger partial charge in [-0.05, 0) is 43.5 Å². The van der Waals surface area contributed by atoms with E-state index in [0.29, 0.717) is 18.8 Å². The van der Waals surface area contributed by atoms with Gasteiger partial charge in [0.1, 0.15) is 5.69 Å². The number of halogens is 1. The SMILES string of the molecule is O=C(c1cc2cc(Br)ccc2[nH]1)N1CCOC2CCCC21. The first kappa shape index (κ1) is 13.3. The maximum atomic E-state index is 12.8. The van der Waals surface area contributed by atoms with Crippen LogP contribution in [0.4, 0.5) is 0 Å². The summed E-state index contributed by atoms with van der Waals surface area (Å²) in [6.07, 6.45) is 3.52. The highest BCUT2D eigenvalue weighted by Crippen LogP contribution is 2.31. The first-order valence-corrected chi connectivity index (χ1v) is 8.22. The Hall–Kier alpha value is -1.33. The van der Waals surface area contributed by atoms with Crippen LogP contribution in [0.25, 0.3) is 10.9 Å². The fraction of sp³-hybridized carbons (Fsp3) is 0.438. The van der Waals surface area contributed by atoms with Gasteiger partial charge in [-0.3, -0.25) is 4.79 Å². The lowest BCUT2D eigenvalue weighted by Crippen LogP contribution is -2.51. The summed E-state index contributed by atoms with van der Waals surface area (Å²) < 4.78 is 6.81. The molecule has 2 fully saturated rings. The van der Waals surface area contributed by atoms with E-state index in [1.165, 1.54) is 0 Å². The monoisotopic (exact) mass is 348 g/mol. The number of nitrogens with one attached hydrogen (secondary N) is 1. The highest BCUT2D eigenvalue weighted by atomic mass is 79.9. The van der Waals surface area contributed by atoms with Crippen molar-refractivity contribution >= 4 is 32.7 Å². The second-order valence-electron chi connectivity index (χ2n) is 5.82. The van der Waals surface area contributed by atoms with Crippen molar-refractivity contribution in [3.8, 4) is 0 Å². The minimum Gasteiger partial charge on any atom is -0.374 e. The standard InChI is InChI=1S/C16H17BrN2O2/c17-11-4-5-12-10(8-11)9-13(18-12)16(20)19-6-7-21-15-3-1-2-14(15)19/h4-5,8-9,14-15,18H,1-3,6-7H2. The van der Waals surface area contributed by atoms with Crippen molar-refractivity contribution in [3.05, 3.63) is 34.4 Å². The molecular formula is C16H17BrN2O2. The predicted molar refractivity (Wildman–Crippen MR) is 84.4 cm³/mol. The van der Waals surface area contributed by atoms with Gasteiger partial charge in [-0.25, -0.2) is 0 Å². The zero-order valence-electron chi connectivity index (χ0n) is 11.6. The number of fused-ring (bicyclic) bond motifs is 2. The van der Waals surface area contributed by atoms with Crippen LogP contribution in [0.5, 0.6) is 0 Å². The second kappa shape index (κ2) is 5.14. The zero-order valence-corrected chi connectivity index (χ0v) is 13.2. The molecule has 1 aliphatic heterocycles. The van der Waals surface area contributed by atoms with E-state index in [1.807, 2.05) is 29.2 Å². The third-order valence-corrected chi connectivity index (χ3v) is 5.05. The molecule has 1 amide bonds. The molecule has 1 N–H and O–H groups in total. The molecule has 2 aromatic rings. The van der Waals surface area contributed by atoms with Crippen molar-refractivity contribution in [1.29, 1.82) is 0 Å². The normalized spacial score (nSPS) is 25.3. The number of carbonyl (C=O) groups is 1. The molecule has 2 aliphatic rings. The molecule has 1 saturated carbocycles. The molecule has 0 bridgehead atoms. The van der Waals surface area contributed by atoms with Gasteiger partial charge >= 0.3 is 0 Å². The maximum Gasteiger partial charge on any atom is 0.270 e. The minimum absolute atomic E-state index is 0.0996. The maximum absolute atomic E-state index is 12.8. The Balaban J connectivity index is 1.66. The lowest BCUT2D eigenvalue weighted by atomic mass is 10.1. The summed E-state index contributed by atoms with van der Waals surface area (Å²) in [5, 5.41) is 1.06. The molecule has 4 rings (SSSR count). The van der Waals surface area contributed by atoms with E-state index in [0.717, 1.165) is 34.6 Å². The second-order valence-corrected chi connectivity index (χ2v) is 6.74. The van der Waals surface area contributed by atoms with Gasteiger partial charge in [0.2, 0.25) is 0 Å². The van der Waals surface area contributed by atoms with Crippen LogP contribution in [0.1, 0.15) is 29.8 Å². The van der Waals surface area contributed by atoms with Gasteiger partial charge in [0.25, 0.3) is 5.91 Å². The molecule has 2 heterocycles. The van der Waals surface area contributed by atoms with E-state index < -0.39 is 0 Å². The van der Waals surface area contributed by atoms with Crippen LogP contribution in [-0.2, 0) is 4.74 Å². The van der Waals surface area contributed by atoms with Gasteiger partial charge < -0.3 is 14.6 Å². The number of H-pyrrole nitrogens is 1. The molecule has 4 nitrogen and oxygen atoms in total. The molecule has 1 saturated heterocycles. The molecule has 2 unspecified atom stereocenters. The number of ether oxygens (including phenoxy) is 1. The topological polar surface area (TPSA) is 45.3 Å². The van der Waals surface area contributed by atoms with Crippen molar-refractivity contribution in [3.63, 3.8) is 0 Å². The van der Waals surface area contributed by atoms with Crippen LogP contribution in [0.15, 0.2) is 28.7 Å². The smallest absolute Gasteiger partial charge is 0.270 e. The number of morpholine rings is 1. The number of hydrogen-bond acceptors (Lipinski definition) is 2. The van der Waals surface area contributed by atoms with E-state index in [2.05, 4.69) is 20.9 Å². The highest BCUT2D eigenvalue weighted by Gasteiger charge is 2.38. The van der Waals surface area contributed by atoms with Gasteiger partial charge in [-0.15, -0.1) is 0 Å². The molecule has 1 aliphatic carbocycles. The summed E-state index contributed by atoms with van der Waals surface area (Å²) in [4.78, 5) is 18.1. The number of amides is 1. The van der Waals surface area contributed by atoms with E-state index in [-0.39, 0.29) is 18.1 Å². The average Bonchev–Trinajstić information content (AvgIpc) is 3.11. The summed E-state index contributed by atoms with van der Waals surface area (Å²) in [6.45, 7) is 1.34. The number of aromatic nitrogens is 1. The van der Waals surface area contributed by atoms with Crippen LogP contribution in [0.2, 0.25) is 0 Å². The third kappa shape index (κ3) is 2.28.